The number of nitrogens with one attached hydrogen (secondary N) is 1. The zero-order chi connectivity index (χ0) is 23.8. The number of nitrogens with two attached hydrogens (primary N) is 1. The summed E-state index contributed by atoms with van der Waals surface area (Å²) in [5.74, 6) is 0.695. The Balaban J connectivity index is 1.63. The van der Waals surface area contributed by atoms with Crippen LogP contribution in [0.4, 0.5) is 0 Å². The maximum Gasteiger partial charge on any atom is 0.238 e. The summed E-state index contributed by atoms with van der Waals surface area (Å²) in [4.78, 5) is 16.2. The molecule has 0 radical (unpaired) electrons. The van der Waals surface area contributed by atoms with Gasteiger partial charge in [0.05, 0.1) is 18.6 Å². The lowest BCUT2D eigenvalue weighted by molar-refractivity contribution is -0.123. The fourth-order valence-corrected chi connectivity index (χ4v) is 4.76. The highest BCUT2D eigenvalue weighted by molar-refractivity contribution is 7.89. The van der Waals surface area contributed by atoms with Gasteiger partial charge in [-0.15, -0.1) is 11.3 Å². The van der Waals surface area contributed by atoms with Crippen molar-refractivity contribution in [1.29, 1.82) is 0 Å². The van der Waals surface area contributed by atoms with Crippen LogP contribution in [0.2, 0.25) is 0 Å². The fourth-order valence-electron chi connectivity index (χ4n) is 3.42. The molecule has 1 heterocycles. The van der Waals surface area contributed by atoms with Gasteiger partial charge in [-0.25, -0.2) is 13.6 Å². The molecule has 3 rings (SSSR count). The predicted octanol–water partition coefficient (Wildman–Crippen LogP) is 3.15. The number of amides is 1. The van der Waals surface area contributed by atoms with Crippen LogP contribution in [0.1, 0.15) is 22.9 Å². The molecule has 0 bridgehead atoms. The first kappa shape index (κ1) is 24.9. The number of benzene rings is 2. The van der Waals surface area contributed by atoms with Crippen LogP contribution in [-0.4, -0.2) is 38.9 Å². The van der Waals surface area contributed by atoms with Crippen LogP contribution in [0.15, 0.2) is 70.9 Å². The molecule has 0 aliphatic carbocycles. The van der Waals surface area contributed by atoms with Crippen LogP contribution >= 0.6 is 11.3 Å². The molecule has 0 saturated heterocycles. The minimum Gasteiger partial charge on any atom is -0.497 e. The average molecular weight is 488 g/mol. The van der Waals surface area contributed by atoms with E-state index in [9.17, 15) is 13.2 Å². The standard InChI is InChI=1S/C24H29N3O4S2/c1-18(14-22-4-3-13-32-22)27(16-20-5-9-21(31-2)10-6-20)17-24(28)26-15-19-7-11-23(12-8-19)33(25,29)30/h3-13,18H,14-17H2,1-2H3,(H,26,28)(H2,25,29,30). The molecule has 3 aromatic rings. The quantitative estimate of drug-likeness (QED) is 0.433. The summed E-state index contributed by atoms with van der Waals surface area (Å²) in [5, 5.41) is 10.1. The smallest absolute Gasteiger partial charge is 0.238 e. The van der Waals surface area contributed by atoms with Gasteiger partial charge in [0.25, 0.3) is 0 Å². The molecule has 1 unspecified atom stereocenters. The number of methoxy groups -OCH3 is 1. The Kier molecular flexibility index (Phi) is 8.62. The Morgan fingerprint density at radius 1 is 1.09 bits per heavy atom. The van der Waals surface area contributed by atoms with Crippen molar-refractivity contribution in [3.05, 3.63) is 82.0 Å². The lowest BCUT2D eigenvalue weighted by Gasteiger charge is -2.28. The largest absolute Gasteiger partial charge is 0.497 e. The molecule has 0 saturated carbocycles. The molecule has 1 atom stereocenters. The van der Waals surface area contributed by atoms with E-state index in [4.69, 9.17) is 9.88 Å². The molecule has 1 aromatic heterocycles. The summed E-state index contributed by atoms with van der Waals surface area (Å²) >= 11 is 1.71. The lowest BCUT2D eigenvalue weighted by atomic mass is 10.1. The Bertz CT molecular complexity index is 1130. The minimum absolute atomic E-state index is 0.0469. The van der Waals surface area contributed by atoms with E-state index in [1.54, 1.807) is 30.6 Å². The van der Waals surface area contributed by atoms with Crippen LogP contribution in [0, 0.1) is 0 Å². The number of primary sulfonamides is 1. The van der Waals surface area contributed by atoms with E-state index < -0.39 is 10.0 Å². The zero-order valence-corrected chi connectivity index (χ0v) is 20.4. The van der Waals surface area contributed by atoms with Gasteiger partial charge < -0.3 is 10.1 Å². The van der Waals surface area contributed by atoms with Gasteiger partial charge in [-0.2, -0.15) is 0 Å². The van der Waals surface area contributed by atoms with Gasteiger partial charge in [-0.1, -0.05) is 30.3 Å². The molecule has 0 aliphatic heterocycles. The van der Waals surface area contributed by atoms with Gasteiger partial charge >= 0.3 is 0 Å². The molecule has 9 heteroatoms. The molecule has 7 nitrogen and oxygen atoms in total. The van der Waals surface area contributed by atoms with Crippen molar-refractivity contribution in [2.75, 3.05) is 13.7 Å². The first-order chi connectivity index (χ1) is 15.7. The first-order valence-corrected chi connectivity index (χ1v) is 12.9. The summed E-state index contributed by atoms with van der Waals surface area (Å²) in [5.41, 5.74) is 1.89. The van der Waals surface area contributed by atoms with E-state index in [0.717, 1.165) is 23.3 Å². The summed E-state index contributed by atoms with van der Waals surface area (Å²) in [6.45, 7) is 3.31. The normalized spacial score (nSPS) is 12.5. The Morgan fingerprint density at radius 3 is 2.33 bits per heavy atom. The van der Waals surface area contributed by atoms with E-state index in [-0.39, 0.29) is 23.4 Å². The fraction of sp³-hybridized carbons (Fsp3) is 0.292. The first-order valence-electron chi connectivity index (χ1n) is 10.5. The number of carbonyl (C=O) groups excluding carboxylic acids is 1. The number of thiophene rings is 1. The molecule has 0 aliphatic rings. The molecule has 3 N–H and O–H groups in total. The van der Waals surface area contributed by atoms with E-state index in [0.29, 0.717) is 13.1 Å². The highest BCUT2D eigenvalue weighted by Crippen LogP contribution is 2.18. The second-order valence-corrected chi connectivity index (χ2v) is 10.4. The number of rotatable bonds is 11. The summed E-state index contributed by atoms with van der Waals surface area (Å²) < 4.78 is 28.0. The van der Waals surface area contributed by atoms with Crippen LogP contribution in [0.5, 0.6) is 5.75 Å². The van der Waals surface area contributed by atoms with Crippen LogP contribution < -0.4 is 15.2 Å². The Hall–Kier alpha value is -2.72. The third-order valence-corrected chi connectivity index (χ3v) is 7.16. The topological polar surface area (TPSA) is 102 Å². The summed E-state index contributed by atoms with van der Waals surface area (Å²) in [7, 11) is -2.10. The number of carbonyl (C=O) groups is 1. The van der Waals surface area contributed by atoms with Gasteiger partial charge in [0, 0.05) is 24.0 Å². The Labute approximate surface area is 199 Å². The highest BCUT2D eigenvalue weighted by Gasteiger charge is 2.19. The van der Waals surface area contributed by atoms with Crippen LogP contribution in [0.25, 0.3) is 0 Å². The van der Waals surface area contributed by atoms with Gasteiger partial charge in [-0.05, 0) is 60.2 Å². The maximum absolute atomic E-state index is 12.8. The molecule has 2 aromatic carbocycles. The predicted molar refractivity (Wildman–Crippen MR) is 131 cm³/mol. The van der Waals surface area contributed by atoms with Gasteiger partial charge in [0.15, 0.2) is 0 Å². The van der Waals surface area contributed by atoms with E-state index >= 15 is 0 Å². The van der Waals surface area contributed by atoms with Crippen molar-refractivity contribution in [3.63, 3.8) is 0 Å². The second kappa shape index (κ2) is 11.4. The molecule has 176 valence electrons. The van der Waals surface area contributed by atoms with Gasteiger partial charge in [0.1, 0.15) is 5.75 Å². The number of hydrogen-bond acceptors (Lipinski definition) is 6. The average Bonchev–Trinajstić information content (AvgIpc) is 3.30. The summed E-state index contributed by atoms with van der Waals surface area (Å²) in [6, 6.07) is 18.3. The van der Waals surface area contributed by atoms with E-state index in [1.807, 2.05) is 30.3 Å². The monoisotopic (exact) mass is 487 g/mol. The summed E-state index contributed by atoms with van der Waals surface area (Å²) in [6.07, 6.45) is 0.857. The SMILES string of the molecule is COc1ccc(CN(CC(=O)NCc2ccc(S(N)(=O)=O)cc2)C(C)Cc2cccs2)cc1. The van der Waals surface area contributed by atoms with Crippen molar-refractivity contribution < 1.29 is 17.9 Å². The number of ether oxygens (including phenoxy) is 1. The molecular weight excluding hydrogens is 458 g/mol. The molecular formula is C24H29N3O4S2. The maximum atomic E-state index is 12.8. The molecule has 0 fully saturated rings. The minimum atomic E-state index is -3.73. The third kappa shape index (κ3) is 7.68. The van der Waals surface area contributed by atoms with Gasteiger partial charge in [-0.3, -0.25) is 9.69 Å². The van der Waals surface area contributed by atoms with Crippen LogP contribution in [-0.2, 0) is 34.3 Å². The second-order valence-electron chi connectivity index (χ2n) is 7.85. The van der Waals surface area contributed by atoms with E-state index in [2.05, 4.69) is 28.6 Å². The zero-order valence-electron chi connectivity index (χ0n) is 18.7. The van der Waals surface area contributed by atoms with Crippen molar-refractivity contribution in [1.82, 2.24) is 10.2 Å². The number of nitrogens with zero attached hydrogens (tertiary/aromatic N) is 1. The van der Waals surface area contributed by atoms with Crippen molar-refractivity contribution in [2.24, 2.45) is 5.14 Å². The molecule has 1 amide bonds. The third-order valence-electron chi connectivity index (χ3n) is 5.33. The molecule has 0 spiro atoms. The van der Waals surface area contributed by atoms with Crippen molar-refractivity contribution in [2.45, 2.75) is 37.4 Å². The highest BCUT2D eigenvalue weighted by atomic mass is 32.2. The number of hydrogen-bond donors (Lipinski definition) is 2. The van der Waals surface area contributed by atoms with Crippen molar-refractivity contribution in [3.8, 4) is 5.75 Å². The number of sulfonamides is 1. The van der Waals surface area contributed by atoms with Crippen LogP contribution in [0.3, 0.4) is 0 Å². The molecule has 33 heavy (non-hydrogen) atoms. The van der Waals surface area contributed by atoms with E-state index in [1.165, 1.54) is 17.0 Å². The Morgan fingerprint density at radius 2 is 1.76 bits per heavy atom. The van der Waals surface area contributed by atoms with Gasteiger partial charge in [0.2, 0.25) is 15.9 Å². The van der Waals surface area contributed by atoms with Crippen molar-refractivity contribution >= 4 is 27.3 Å². The lowest BCUT2D eigenvalue weighted by Crippen LogP contribution is -2.42.